The summed E-state index contributed by atoms with van der Waals surface area (Å²) >= 11 is 0. The van der Waals surface area contributed by atoms with E-state index in [4.69, 9.17) is 0 Å². The van der Waals surface area contributed by atoms with Crippen LogP contribution in [-0.2, 0) is 25.6 Å². The standard InChI is InChI=1S/C27H42N4O5/c1-20(32)24-13-9-19-31(24)26(34)22(12-6-7-18-29-25(33)14-8-17-28-2)30-23(27(35)36)16-15-21-10-4-3-5-11-21/h3-5,10-11,22-24,28,30H,6-9,12-19H2,1-2H3,(H,29,33)(H,35,36)/t22-,23?,24?/m0/s1. The number of aryl methyl sites for hydroxylation is 1. The number of nitrogens with one attached hydrogen (secondary N) is 3. The predicted octanol–water partition coefficient (Wildman–Crippen LogP) is 1.90. The number of carbonyl (C=O) groups excluding carboxylic acids is 3. The largest absolute Gasteiger partial charge is 0.480 e. The van der Waals surface area contributed by atoms with Crippen molar-refractivity contribution >= 4 is 23.6 Å². The second-order valence-electron chi connectivity index (χ2n) is 9.49. The third-order valence-electron chi connectivity index (χ3n) is 6.64. The molecule has 1 aliphatic rings. The first-order chi connectivity index (χ1) is 17.3. The molecule has 1 fully saturated rings. The number of benzene rings is 1. The summed E-state index contributed by atoms with van der Waals surface area (Å²) in [4.78, 5) is 51.1. The van der Waals surface area contributed by atoms with E-state index in [1.807, 2.05) is 37.4 Å². The topological polar surface area (TPSA) is 128 Å². The minimum atomic E-state index is -0.998. The van der Waals surface area contributed by atoms with Gasteiger partial charge in [-0.25, -0.2) is 0 Å². The van der Waals surface area contributed by atoms with Gasteiger partial charge < -0.3 is 20.6 Å². The Morgan fingerprint density at radius 2 is 1.78 bits per heavy atom. The van der Waals surface area contributed by atoms with Crippen molar-refractivity contribution in [1.82, 2.24) is 20.9 Å². The van der Waals surface area contributed by atoms with Gasteiger partial charge in [0.25, 0.3) is 0 Å². The Bertz CT molecular complexity index is 848. The summed E-state index contributed by atoms with van der Waals surface area (Å²) in [6, 6.07) is 7.63. The van der Waals surface area contributed by atoms with Gasteiger partial charge in [0.2, 0.25) is 11.8 Å². The van der Waals surface area contributed by atoms with Gasteiger partial charge in [-0.1, -0.05) is 30.3 Å². The van der Waals surface area contributed by atoms with Crippen LogP contribution in [0.1, 0.15) is 63.9 Å². The summed E-state index contributed by atoms with van der Waals surface area (Å²) in [6.45, 7) is 3.30. The van der Waals surface area contributed by atoms with Crippen LogP contribution in [-0.4, -0.2) is 78.4 Å². The predicted molar refractivity (Wildman–Crippen MR) is 139 cm³/mol. The Kier molecular flexibility index (Phi) is 13.1. The lowest BCUT2D eigenvalue weighted by Crippen LogP contribution is -2.54. The number of carbonyl (C=O) groups is 4. The molecule has 0 aromatic heterocycles. The van der Waals surface area contributed by atoms with Crippen LogP contribution >= 0.6 is 0 Å². The lowest BCUT2D eigenvalue weighted by molar-refractivity contribution is -0.142. The maximum Gasteiger partial charge on any atom is 0.320 e. The van der Waals surface area contributed by atoms with E-state index in [9.17, 15) is 24.3 Å². The molecule has 0 aliphatic carbocycles. The molecule has 2 rings (SSSR count). The number of aliphatic carboxylic acids is 1. The molecule has 9 nitrogen and oxygen atoms in total. The third-order valence-corrected chi connectivity index (χ3v) is 6.64. The molecule has 2 unspecified atom stereocenters. The van der Waals surface area contributed by atoms with Crippen molar-refractivity contribution in [3.63, 3.8) is 0 Å². The molecule has 200 valence electrons. The molecule has 4 N–H and O–H groups in total. The van der Waals surface area contributed by atoms with Crippen LogP contribution in [0.5, 0.6) is 0 Å². The van der Waals surface area contributed by atoms with E-state index >= 15 is 0 Å². The molecule has 1 aliphatic heterocycles. The van der Waals surface area contributed by atoms with E-state index in [1.54, 1.807) is 4.90 Å². The van der Waals surface area contributed by atoms with Gasteiger partial charge in [-0.15, -0.1) is 0 Å². The number of carboxylic acid groups (broad SMARTS) is 1. The molecule has 9 heteroatoms. The van der Waals surface area contributed by atoms with Crippen LogP contribution in [0.4, 0.5) is 0 Å². The molecule has 0 bridgehead atoms. The number of hydrogen-bond donors (Lipinski definition) is 4. The average molecular weight is 503 g/mol. The van der Waals surface area contributed by atoms with E-state index in [2.05, 4.69) is 16.0 Å². The minimum Gasteiger partial charge on any atom is -0.480 e. The van der Waals surface area contributed by atoms with Crippen molar-refractivity contribution < 1.29 is 24.3 Å². The molecule has 1 saturated heterocycles. The summed E-state index contributed by atoms with van der Waals surface area (Å²) in [6.07, 6.45) is 5.33. The van der Waals surface area contributed by atoms with Crippen molar-refractivity contribution in [3.8, 4) is 0 Å². The van der Waals surface area contributed by atoms with Crippen LogP contribution < -0.4 is 16.0 Å². The van der Waals surface area contributed by atoms with Crippen LogP contribution in [0.25, 0.3) is 0 Å². The minimum absolute atomic E-state index is 0.00391. The van der Waals surface area contributed by atoms with Gasteiger partial charge in [-0.05, 0) is 77.4 Å². The van der Waals surface area contributed by atoms with Crippen LogP contribution in [0.15, 0.2) is 30.3 Å². The Morgan fingerprint density at radius 3 is 2.44 bits per heavy atom. The van der Waals surface area contributed by atoms with Crippen LogP contribution in [0.3, 0.4) is 0 Å². The number of carboxylic acids is 1. The van der Waals surface area contributed by atoms with E-state index in [1.165, 1.54) is 6.92 Å². The van der Waals surface area contributed by atoms with Crippen molar-refractivity contribution in [3.05, 3.63) is 35.9 Å². The van der Waals surface area contributed by atoms with E-state index in [0.717, 1.165) is 24.9 Å². The molecular formula is C27H42N4O5. The summed E-state index contributed by atoms with van der Waals surface area (Å²) in [7, 11) is 1.85. The SMILES string of the molecule is CNCCCC(=O)NCCCC[C@H](NC(CCc1ccccc1)C(=O)O)C(=O)N1CCCC1C(C)=O. The lowest BCUT2D eigenvalue weighted by atomic mass is 10.0. The molecule has 1 aromatic rings. The first-order valence-electron chi connectivity index (χ1n) is 13.1. The van der Waals surface area contributed by atoms with Gasteiger partial charge in [0.15, 0.2) is 5.78 Å². The van der Waals surface area contributed by atoms with E-state index < -0.39 is 24.1 Å². The Labute approximate surface area is 214 Å². The maximum atomic E-state index is 13.5. The number of amides is 2. The molecule has 2 amide bonds. The molecule has 1 heterocycles. The molecule has 0 spiro atoms. The zero-order chi connectivity index (χ0) is 26.3. The van der Waals surface area contributed by atoms with Gasteiger partial charge in [0.05, 0.1) is 12.1 Å². The van der Waals surface area contributed by atoms with Gasteiger partial charge >= 0.3 is 5.97 Å². The highest BCUT2D eigenvalue weighted by Gasteiger charge is 2.36. The number of nitrogens with zero attached hydrogens (tertiary/aromatic N) is 1. The van der Waals surface area contributed by atoms with Crippen LogP contribution in [0, 0.1) is 0 Å². The smallest absolute Gasteiger partial charge is 0.320 e. The monoisotopic (exact) mass is 502 g/mol. The maximum absolute atomic E-state index is 13.5. The van der Waals surface area contributed by atoms with Gasteiger partial charge in [-0.2, -0.15) is 0 Å². The van der Waals surface area contributed by atoms with Crippen molar-refractivity contribution in [1.29, 1.82) is 0 Å². The Balaban J connectivity index is 1.98. The van der Waals surface area contributed by atoms with Gasteiger partial charge in [-0.3, -0.25) is 24.5 Å². The zero-order valence-electron chi connectivity index (χ0n) is 21.6. The number of hydrogen-bond acceptors (Lipinski definition) is 6. The highest BCUT2D eigenvalue weighted by molar-refractivity contribution is 5.90. The molecule has 0 radical (unpaired) electrons. The highest BCUT2D eigenvalue weighted by Crippen LogP contribution is 2.21. The first kappa shape index (κ1) is 29.5. The zero-order valence-corrected chi connectivity index (χ0v) is 21.6. The quantitative estimate of drug-likeness (QED) is 0.240. The highest BCUT2D eigenvalue weighted by atomic mass is 16.4. The number of likely N-dealkylation sites (tertiary alicyclic amines) is 1. The number of Topliss-reactive ketones (excluding diaryl/α,β-unsaturated/α-hetero) is 1. The lowest BCUT2D eigenvalue weighted by Gasteiger charge is -2.30. The van der Waals surface area contributed by atoms with Gasteiger partial charge in [0, 0.05) is 19.5 Å². The normalized spacial score (nSPS) is 16.9. The molecule has 36 heavy (non-hydrogen) atoms. The fourth-order valence-electron chi connectivity index (χ4n) is 4.62. The second-order valence-corrected chi connectivity index (χ2v) is 9.49. The number of ketones is 1. The first-order valence-corrected chi connectivity index (χ1v) is 13.1. The van der Waals surface area contributed by atoms with Crippen molar-refractivity contribution in [2.75, 3.05) is 26.7 Å². The van der Waals surface area contributed by atoms with Crippen molar-refractivity contribution in [2.24, 2.45) is 0 Å². The molecular weight excluding hydrogens is 460 g/mol. The molecule has 3 atom stereocenters. The molecule has 0 saturated carbocycles. The van der Waals surface area contributed by atoms with E-state index in [-0.39, 0.29) is 17.6 Å². The van der Waals surface area contributed by atoms with E-state index in [0.29, 0.717) is 58.0 Å². The number of rotatable bonds is 17. The number of unbranched alkanes of at least 4 members (excludes halogenated alkanes) is 1. The Morgan fingerprint density at radius 1 is 1.03 bits per heavy atom. The summed E-state index contributed by atoms with van der Waals surface area (Å²) in [5, 5.41) is 18.9. The summed E-state index contributed by atoms with van der Waals surface area (Å²) in [5.41, 5.74) is 1.04. The summed E-state index contributed by atoms with van der Waals surface area (Å²) in [5.74, 6) is -1.25. The van der Waals surface area contributed by atoms with Crippen molar-refractivity contribution in [2.45, 2.75) is 82.8 Å². The Hall–Kier alpha value is -2.78. The average Bonchev–Trinajstić information content (AvgIpc) is 3.36. The molecule has 1 aromatic carbocycles. The fraction of sp³-hybridized carbons (Fsp3) is 0.630. The van der Waals surface area contributed by atoms with Crippen LogP contribution in [0.2, 0.25) is 0 Å². The summed E-state index contributed by atoms with van der Waals surface area (Å²) < 4.78 is 0. The van der Waals surface area contributed by atoms with Gasteiger partial charge in [0.1, 0.15) is 6.04 Å². The fourth-order valence-corrected chi connectivity index (χ4v) is 4.62. The second kappa shape index (κ2) is 16.1. The third kappa shape index (κ3) is 10.1.